The molecule has 0 heterocycles. The van der Waals surface area contributed by atoms with E-state index in [4.69, 9.17) is 6.07 Å². The summed E-state index contributed by atoms with van der Waals surface area (Å²) in [7, 11) is 3.75. The summed E-state index contributed by atoms with van der Waals surface area (Å²) in [4.78, 5) is 0. The maximum Gasteiger partial charge on any atom is 0.0465 e. The summed E-state index contributed by atoms with van der Waals surface area (Å²) in [5.74, 6) is 0. The molecular formula is C10H31BOU. The van der Waals surface area contributed by atoms with E-state index in [1.807, 2.05) is 6.92 Å². The van der Waals surface area contributed by atoms with Crippen LogP contribution < -0.4 is 0 Å². The third-order valence-electron chi connectivity index (χ3n) is 0.846. The summed E-state index contributed by atoms with van der Waals surface area (Å²) in [6.45, 7) is 5.99. The number of hydrogen-bond donors (Lipinski definition) is 0. The summed E-state index contributed by atoms with van der Waals surface area (Å²) in [5, 5.41) is 0. The van der Waals surface area contributed by atoms with Crippen LogP contribution in [0.2, 0.25) is 0 Å². The molecule has 0 amide bonds. The molecule has 0 aromatic rings. The number of rotatable bonds is 4. The number of hydrogen-bond acceptors (Lipinski definition) is 1. The van der Waals surface area contributed by atoms with E-state index in [1.54, 1.807) is 0 Å². The molecule has 1 nitrogen and oxygen atoms in total. The van der Waals surface area contributed by atoms with Crippen molar-refractivity contribution in [2.45, 2.75) is 56.4 Å². The van der Waals surface area contributed by atoms with Crippen LogP contribution in [0, 0.1) is 31.1 Å². The third kappa shape index (κ3) is 62.3. The standard InChI is InChI=1S/C6H14O.4CH4.BH.U/c1-3-5-6-7-4-2;;;;;;/h3-6H2,1-2H3;4*1H4;1H;/i;;;;;1T;. The molecule has 0 atom stereocenters. The molecule has 2 radical (unpaired) electrons. The van der Waals surface area contributed by atoms with Crippen molar-refractivity contribution in [1.82, 2.24) is 0 Å². The van der Waals surface area contributed by atoms with Crippen LogP contribution in [0.25, 0.3) is 0 Å². The molecule has 13 heavy (non-hydrogen) atoms. The van der Waals surface area contributed by atoms with Crippen molar-refractivity contribution in [1.29, 1.82) is 1.34 Å². The van der Waals surface area contributed by atoms with Crippen LogP contribution in [0.1, 0.15) is 56.4 Å². The first-order valence-electron chi connectivity index (χ1n) is 3.57. The zero-order valence-electron chi connectivity index (χ0n) is 7.31. The minimum atomic E-state index is 0. The number of unbranched alkanes of at least 4 members (excludes halogenated alkanes) is 1. The Balaban J connectivity index is -0.0000000132. The van der Waals surface area contributed by atoms with Crippen LogP contribution >= 0.6 is 0 Å². The Labute approximate surface area is 115 Å². The van der Waals surface area contributed by atoms with Gasteiger partial charge in [0, 0.05) is 52.7 Å². The molecule has 0 aliphatic carbocycles. The Hall–Kier alpha value is 1.08. The van der Waals surface area contributed by atoms with Crippen LogP contribution in [-0.2, 0) is 4.74 Å². The van der Waals surface area contributed by atoms with Crippen LogP contribution in [0.4, 0.5) is 0 Å². The molecule has 3 heteroatoms. The van der Waals surface area contributed by atoms with Crippen molar-refractivity contribution in [3.05, 3.63) is 0 Å². The minimum Gasteiger partial charge on any atom is -0.382 e. The average Bonchev–Trinajstić information content (AvgIpc) is 1.94. The molecule has 0 aromatic heterocycles. The van der Waals surface area contributed by atoms with Crippen molar-refractivity contribution < 1.29 is 35.9 Å². The molecule has 0 aromatic carbocycles. The molecule has 0 aliphatic heterocycles. The third-order valence-corrected chi connectivity index (χ3v) is 0.846. The van der Waals surface area contributed by atoms with Crippen molar-refractivity contribution in [3.8, 4) is 0 Å². The van der Waals surface area contributed by atoms with Gasteiger partial charge in [-0.05, 0) is 14.7 Å². The van der Waals surface area contributed by atoms with E-state index in [2.05, 4.69) is 15.3 Å². The summed E-state index contributed by atoms with van der Waals surface area (Å²) >= 11 is 0. The second kappa shape index (κ2) is 51.6. The van der Waals surface area contributed by atoms with Gasteiger partial charge in [0.15, 0.2) is 0 Å². The maximum atomic E-state index is 5.25. The van der Waals surface area contributed by atoms with Gasteiger partial charge in [0.05, 0.1) is 0 Å². The van der Waals surface area contributed by atoms with Crippen molar-refractivity contribution >= 4 is 8.38 Å². The predicted molar refractivity (Wildman–Crippen MR) is 65.5 cm³/mol. The molecule has 0 rings (SSSR count). The fourth-order valence-corrected chi connectivity index (χ4v) is 0.391. The summed E-state index contributed by atoms with van der Waals surface area (Å²) in [6.07, 6.45) is 2.44. The fourth-order valence-electron chi connectivity index (χ4n) is 0.391. The summed E-state index contributed by atoms with van der Waals surface area (Å²) in [5.41, 5.74) is 0. The SMILES string of the molecule is C.C.C.C.CCCCOCC.[3H][B].[U]. The zero-order valence-corrected chi connectivity index (χ0v) is 10.5. The molecule has 0 saturated heterocycles. The van der Waals surface area contributed by atoms with E-state index >= 15 is 0 Å². The van der Waals surface area contributed by atoms with Crippen molar-refractivity contribution in [3.63, 3.8) is 0 Å². The van der Waals surface area contributed by atoms with Gasteiger partial charge in [0.1, 0.15) is 0 Å². The largest absolute Gasteiger partial charge is 0.382 e. The van der Waals surface area contributed by atoms with Crippen molar-refractivity contribution in [2.75, 3.05) is 13.2 Å². The van der Waals surface area contributed by atoms with Gasteiger partial charge in [-0.25, -0.2) is 0 Å². The van der Waals surface area contributed by atoms with Crippen molar-refractivity contribution in [2.24, 2.45) is 0 Å². The van der Waals surface area contributed by atoms with Crippen LogP contribution in [-0.4, -0.2) is 22.9 Å². The van der Waals surface area contributed by atoms with Crippen LogP contribution in [0.3, 0.4) is 0 Å². The summed E-state index contributed by atoms with van der Waals surface area (Å²) in [6, 6.07) is 0. The Bertz CT molecular complexity index is 39.3. The van der Waals surface area contributed by atoms with Gasteiger partial charge < -0.3 is 4.74 Å². The molecule has 0 N–H and O–H groups in total. The second-order valence-corrected chi connectivity index (χ2v) is 1.55. The normalized spacial score (nSPS) is 5.54. The predicted octanol–water partition coefficient (Wildman–Crippen LogP) is 3.72. The minimum absolute atomic E-state index is 0. The molecule has 0 bridgehead atoms. The first-order valence-corrected chi connectivity index (χ1v) is 2.99. The van der Waals surface area contributed by atoms with Gasteiger partial charge in [-0.3, -0.25) is 0 Å². The topological polar surface area (TPSA) is 9.23 Å². The molecule has 0 saturated carbocycles. The van der Waals surface area contributed by atoms with Gasteiger partial charge in [-0.1, -0.05) is 43.1 Å². The Morgan fingerprint density at radius 1 is 1.08 bits per heavy atom. The second-order valence-electron chi connectivity index (χ2n) is 1.55. The average molecular weight is 418 g/mol. The molecule has 0 fully saturated rings. The maximum absolute atomic E-state index is 5.25. The van der Waals surface area contributed by atoms with Crippen LogP contribution in [0.5, 0.6) is 0 Å². The van der Waals surface area contributed by atoms with Gasteiger partial charge in [-0.2, -0.15) is 0 Å². The Morgan fingerprint density at radius 2 is 1.46 bits per heavy atom. The Kier molecular flexibility index (Phi) is 147. The first-order chi connectivity index (χ1) is 4.41. The van der Waals surface area contributed by atoms with E-state index in [0.29, 0.717) is 0 Å². The zero-order chi connectivity index (χ0) is 7.54. The molecule has 0 unspecified atom stereocenters. The van der Waals surface area contributed by atoms with E-state index in [1.165, 1.54) is 12.8 Å². The monoisotopic (exact) mass is 418 g/mol. The number of ether oxygens (including phenoxy) is 1. The molecule has 0 spiro atoms. The molecule has 84 valence electrons. The van der Waals surface area contributed by atoms with Gasteiger partial charge >= 0.3 is 0 Å². The van der Waals surface area contributed by atoms with Gasteiger partial charge in [0.25, 0.3) is 0 Å². The molecular weight excluding hydrogens is 385 g/mol. The van der Waals surface area contributed by atoms with Crippen LogP contribution in [0.15, 0.2) is 0 Å². The Morgan fingerprint density at radius 3 is 1.69 bits per heavy atom. The summed E-state index contributed by atoms with van der Waals surface area (Å²) < 4.78 is 10.3. The fraction of sp³-hybridized carbons (Fsp3) is 1.00. The smallest absolute Gasteiger partial charge is 0.0465 e. The van der Waals surface area contributed by atoms with E-state index in [-0.39, 0.29) is 60.8 Å². The van der Waals surface area contributed by atoms with Gasteiger partial charge in [-0.15, -0.1) is 0 Å². The van der Waals surface area contributed by atoms with E-state index in [0.717, 1.165) is 13.2 Å². The van der Waals surface area contributed by atoms with E-state index in [9.17, 15) is 0 Å². The first kappa shape index (κ1) is 36.9. The quantitative estimate of drug-likeness (QED) is 0.500. The molecule has 0 aliphatic rings. The van der Waals surface area contributed by atoms with E-state index < -0.39 is 0 Å². The van der Waals surface area contributed by atoms with Gasteiger partial charge in [0.2, 0.25) is 0 Å².